The van der Waals surface area contributed by atoms with E-state index in [0.29, 0.717) is 31.9 Å². The molecule has 0 fully saturated rings. The van der Waals surface area contributed by atoms with Gasteiger partial charge in [0.25, 0.3) is 0 Å². The summed E-state index contributed by atoms with van der Waals surface area (Å²) in [5, 5.41) is 13.3. The third-order valence-electron chi connectivity index (χ3n) is 3.74. The zero-order chi connectivity index (χ0) is 16.1. The van der Waals surface area contributed by atoms with Crippen molar-refractivity contribution >= 4 is 0 Å². The summed E-state index contributed by atoms with van der Waals surface area (Å²) < 4.78 is 24.6. The number of hydrogen-bond acceptors (Lipinski definition) is 4. The second-order valence-corrected chi connectivity index (χ2v) is 5.50. The summed E-state index contributed by atoms with van der Waals surface area (Å²) in [5.74, 6) is 1.17. The molecule has 0 bridgehead atoms. The zero-order valence-electron chi connectivity index (χ0n) is 12.8. The summed E-state index contributed by atoms with van der Waals surface area (Å²) in [5.41, 5.74) is 1.54. The van der Waals surface area contributed by atoms with Crippen LogP contribution in [-0.2, 0) is 6.54 Å². The molecule has 0 unspecified atom stereocenters. The van der Waals surface area contributed by atoms with Crippen molar-refractivity contribution in [2.45, 2.75) is 19.1 Å². The minimum absolute atomic E-state index is 0.327. The number of rotatable bonds is 5. The Kier molecular flexibility index (Phi) is 5.10. The molecule has 4 nitrogen and oxygen atoms in total. The fraction of sp³-hybridized carbons (Fsp3) is 0.333. The van der Waals surface area contributed by atoms with Gasteiger partial charge >= 0.3 is 0 Å². The summed E-state index contributed by atoms with van der Waals surface area (Å²) >= 11 is 0. The van der Waals surface area contributed by atoms with E-state index in [2.05, 4.69) is 5.32 Å². The number of hydrogen-bond donors (Lipinski definition) is 2. The summed E-state index contributed by atoms with van der Waals surface area (Å²) in [6, 6.07) is 11.8. The first kappa shape index (κ1) is 15.8. The lowest BCUT2D eigenvalue weighted by atomic mass is 10.1. The van der Waals surface area contributed by atoms with Crippen LogP contribution in [0.2, 0.25) is 0 Å². The first-order valence-electron chi connectivity index (χ1n) is 7.76. The lowest BCUT2D eigenvalue weighted by molar-refractivity contribution is 0.173. The number of nitrogens with one attached hydrogen (secondary N) is 1. The van der Waals surface area contributed by atoms with Crippen LogP contribution < -0.4 is 14.8 Å². The number of para-hydroxylation sites is 1. The maximum Gasteiger partial charge on any atom is 0.165 e. The normalized spacial score (nSPS) is 15.0. The molecule has 1 heterocycles. The maximum atomic E-state index is 13.2. The van der Waals surface area contributed by atoms with Crippen LogP contribution in [0.5, 0.6) is 11.5 Å². The molecule has 0 radical (unpaired) electrons. The highest BCUT2D eigenvalue weighted by Gasteiger charge is 2.15. The van der Waals surface area contributed by atoms with Crippen LogP contribution in [0.3, 0.4) is 0 Å². The Hall–Kier alpha value is -2.11. The van der Waals surface area contributed by atoms with Gasteiger partial charge in [0.2, 0.25) is 0 Å². The molecule has 0 aromatic heterocycles. The highest BCUT2D eigenvalue weighted by molar-refractivity contribution is 5.47. The van der Waals surface area contributed by atoms with Gasteiger partial charge in [0.15, 0.2) is 11.5 Å². The number of ether oxygens (including phenoxy) is 2. The highest BCUT2D eigenvalue weighted by atomic mass is 19.1. The molecular weight excluding hydrogens is 297 g/mol. The third kappa shape index (κ3) is 4.00. The smallest absolute Gasteiger partial charge is 0.165 e. The van der Waals surface area contributed by atoms with E-state index in [0.717, 1.165) is 23.5 Å². The molecule has 1 aliphatic heterocycles. The van der Waals surface area contributed by atoms with Gasteiger partial charge < -0.3 is 19.9 Å². The van der Waals surface area contributed by atoms with Gasteiger partial charge in [0.1, 0.15) is 5.82 Å². The summed E-state index contributed by atoms with van der Waals surface area (Å²) in [4.78, 5) is 0. The predicted octanol–water partition coefficient (Wildman–Crippen LogP) is 2.81. The molecule has 1 atom stereocenters. The van der Waals surface area contributed by atoms with Gasteiger partial charge in [0, 0.05) is 25.1 Å². The first-order valence-corrected chi connectivity index (χ1v) is 7.76. The van der Waals surface area contributed by atoms with Crippen molar-refractivity contribution < 1.29 is 19.0 Å². The van der Waals surface area contributed by atoms with Crippen LogP contribution in [0.4, 0.5) is 4.39 Å². The standard InChI is InChI=1S/C18H20FNO3/c19-15-6-1-4-13(10-15)16(21)12-20-11-14-5-2-7-17-18(14)23-9-3-8-22-17/h1-2,4-7,10,16,20-21H,3,8-9,11-12H2/t16-/m0/s1. The fourth-order valence-electron chi connectivity index (χ4n) is 2.57. The molecule has 0 amide bonds. The van der Waals surface area contributed by atoms with Crippen molar-refractivity contribution in [3.63, 3.8) is 0 Å². The fourth-order valence-corrected chi connectivity index (χ4v) is 2.57. The molecule has 3 rings (SSSR count). The van der Waals surface area contributed by atoms with Crippen LogP contribution in [0, 0.1) is 5.82 Å². The molecule has 0 aliphatic carbocycles. The van der Waals surface area contributed by atoms with Gasteiger partial charge in [-0.2, -0.15) is 0 Å². The van der Waals surface area contributed by atoms with Gasteiger partial charge in [-0.3, -0.25) is 0 Å². The van der Waals surface area contributed by atoms with E-state index < -0.39 is 6.10 Å². The van der Waals surface area contributed by atoms with Gasteiger partial charge in [0.05, 0.1) is 19.3 Å². The maximum absolute atomic E-state index is 13.2. The largest absolute Gasteiger partial charge is 0.490 e. The lowest BCUT2D eigenvalue weighted by Gasteiger charge is -2.15. The lowest BCUT2D eigenvalue weighted by Crippen LogP contribution is -2.21. The molecule has 2 aromatic rings. The average Bonchev–Trinajstić information content (AvgIpc) is 2.81. The van der Waals surface area contributed by atoms with E-state index in [1.807, 2.05) is 18.2 Å². The van der Waals surface area contributed by atoms with Crippen LogP contribution in [0.25, 0.3) is 0 Å². The molecular formula is C18H20FNO3. The molecule has 0 saturated heterocycles. The third-order valence-corrected chi connectivity index (χ3v) is 3.74. The second kappa shape index (κ2) is 7.44. The minimum atomic E-state index is -0.759. The SMILES string of the molecule is O[C@@H](CNCc1cccc2c1OCCCO2)c1cccc(F)c1. The number of fused-ring (bicyclic) bond motifs is 1. The van der Waals surface area contributed by atoms with Crippen LogP contribution in [0.1, 0.15) is 23.7 Å². The number of aliphatic hydroxyl groups excluding tert-OH is 1. The quantitative estimate of drug-likeness (QED) is 0.890. The van der Waals surface area contributed by atoms with Crippen LogP contribution >= 0.6 is 0 Å². The van der Waals surface area contributed by atoms with E-state index in [9.17, 15) is 9.50 Å². The average molecular weight is 317 g/mol. The molecule has 2 N–H and O–H groups in total. The Morgan fingerprint density at radius 3 is 2.83 bits per heavy atom. The molecule has 0 saturated carbocycles. The van der Waals surface area contributed by atoms with E-state index >= 15 is 0 Å². The first-order chi connectivity index (χ1) is 11.2. The van der Waals surface area contributed by atoms with Crippen LogP contribution in [-0.4, -0.2) is 24.9 Å². The monoisotopic (exact) mass is 317 g/mol. The summed E-state index contributed by atoms with van der Waals surface area (Å²) in [7, 11) is 0. The van der Waals surface area contributed by atoms with Crippen molar-refractivity contribution in [3.8, 4) is 11.5 Å². The topological polar surface area (TPSA) is 50.7 Å². The molecule has 23 heavy (non-hydrogen) atoms. The van der Waals surface area contributed by atoms with E-state index in [-0.39, 0.29) is 5.82 Å². The van der Waals surface area contributed by atoms with Crippen LogP contribution in [0.15, 0.2) is 42.5 Å². The van der Waals surface area contributed by atoms with E-state index in [1.165, 1.54) is 12.1 Å². The number of aliphatic hydroxyl groups is 1. The Morgan fingerprint density at radius 2 is 1.96 bits per heavy atom. The predicted molar refractivity (Wildman–Crippen MR) is 85.1 cm³/mol. The summed E-state index contributed by atoms with van der Waals surface area (Å²) in [6.07, 6.45) is 0.102. The van der Waals surface area contributed by atoms with Gasteiger partial charge in [-0.25, -0.2) is 4.39 Å². The summed E-state index contributed by atoms with van der Waals surface area (Å²) in [6.45, 7) is 2.16. The molecule has 122 valence electrons. The molecule has 2 aromatic carbocycles. The van der Waals surface area contributed by atoms with Gasteiger partial charge in [-0.05, 0) is 23.8 Å². The van der Waals surface area contributed by atoms with E-state index in [4.69, 9.17) is 9.47 Å². The zero-order valence-corrected chi connectivity index (χ0v) is 12.8. The highest BCUT2D eigenvalue weighted by Crippen LogP contribution is 2.33. The number of benzene rings is 2. The van der Waals surface area contributed by atoms with E-state index in [1.54, 1.807) is 12.1 Å². The second-order valence-electron chi connectivity index (χ2n) is 5.50. The van der Waals surface area contributed by atoms with Crippen molar-refractivity contribution in [2.75, 3.05) is 19.8 Å². The molecule has 0 spiro atoms. The van der Waals surface area contributed by atoms with Gasteiger partial charge in [-0.15, -0.1) is 0 Å². The molecule has 1 aliphatic rings. The van der Waals surface area contributed by atoms with Crippen molar-refractivity contribution in [1.29, 1.82) is 0 Å². The Bertz CT molecular complexity index is 662. The Morgan fingerprint density at radius 1 is 1.13 bits per heavy atom. The Balaban J connectivity index is 1.61. The van der Waals surface area contributed by atoms with Crippen molar-refractivity contribution in [3.05, 3.63) is 59.4 Å². The van der Waals surface area contributed by atoms with Crippen molar-refractivity contribution in [2.24, 2.45) is 0 Å². The van der Waals surface area contributed by atoms with Crippen molar-refractivity contribution in [1.82, 2.24) is 5.32 Å². The minimum Gasteiger partial charge on any atom is -0.490 e. The Labute approximate surface area is 134 Å². The van der Waals surface area contributed by atoms with Gasteiger partial charge in [-0.1, -0.05) is 24.3 Å². The molecule has 5 heteroatoms. The number of halogens is 1.